The minimum absolute atomic E-state index is 0.215. The van der Waals surface area contributed by atoms with Gasteiger partial charge in [-0.25, -0.2) is 4.39 Å². The minimum atomic E-state index is -0.522. The molecule has 0 aliphatic heterocycles. The van der Waals surface area contributed by atoms with Crippen LogP contribution in [0.4, 0.5) is 10.1 Å². The van der Waals surface area contributed by atoms with Crippen LogP contribution < -0.4 is 11.1 Å². The van der Waals surface area contributed by atoms with E-state index in [0.29, 0.717) is 13.0 Å². The van der Waals surface area contributed by atoms with Gasteiger partial charge >= 0.3 is 0 Å². The summed E-state index contributed by atoms with van der Waals surface area (Å²) in [5.41, 5.74) is 5.91. The molecule has 0 bridgehead atoms. The molecule has 0 saturated heterocycles. The molecular formula is C13H13FN2O2. The van der Waals surface area contributed by atoms with Crippen molar-refractivity contribution in [3.05, 3.63) is 53.7 Å². The Hall–Kier alpha value is -2.30. The van der Waals surface area contributed by atoms with E-state index in [1.54, 1.807) is 12.3 Å². The van der Waals surface area contributed by atoms with Gasteiger partial charge in [-0.1, -0.05) is 0 Å². The quantitative estimate of drug-likeness (QED) is 0.813. The number of nitrogen functional groups attached to an aromatic ring is 1. The highest BCUT2D eigenvalue weighted by molar-refractivity contribution is 5.95. The van der Waals surface area contributed by atoms with E-state index < -0.39 is 5.82 Å². The summed E-state index contributed by atoms with van der Waals surface area (Å²) in [6, 6.07) is 7.36. The lowest BCUT2D eigenvalue weighted by Crippen LogP contribution is -2.25. The molecule has 0 aliphatic carbocycles. The van der Waals surface area contributed by atoms with Gasteiger partial charge in [0.25, 0.3) is 5.91 Å². The van der Waals surface area contributed by atoms with Crippen molar-refractivity contribution in [2.45, 2.75) is 6.42 Å². The van der Waals surface area contributed by atoms with Gasteiger partial charge in [0.1, 0.15) is 11.6 Å². The van der Waals surface area contributed by atoms with Gasteiger partial charge < -0.3 is 15.5 Å². The highest BCUT2D eigenvalue weighted by Gasteiger charge is 2.07. The molecule has 18 heavy (non-hydrogen) atoms. The summed E-state index contributed by atoms with van der Waals surface area (Å²) in [7, 11) is 0. The molecule has 0 fully saturated rings. The van der Waals surface area contributed by atoms with Crippen molar-refractivity contribution in [2.75, 3.05) is 12.3 Å². The molecule has 0 spiro atoms. The summed E-state index contributed by atoms with van der Waals surface area (Å²) >= 11 is 0. The van der Waals surface area contributed by atoms with Gasteiger partial charge in [0.15, 0.2) is 0 Å². The Morgan fingerprint density at radius 2 is 2.22 bits per heavy atom. The zero-order valence-corrected chi connectivity index (χ0v) is 9.65. The van der Waals surface area contributed by atoms with E-state index in [0.717, 1.165) is 11.8 Å². The van der Waals surface area contributed by atoms with Crippen LogP contribution >= 0.6 is 0 Å². The Labute approximate surface area is 104 Å². The number of rotatable bonds is 4. The maximum atomic E-state index is 13.1. The second-order valence-corrected chi connectivity index (χ2v) is 3.86. The van der Waals surface area contributed by atoms with E-state index in [1.165, 1.54) is 12.1 Å². The van der Waals surface area contributed by atoms with Gasteiger partial charge in [-0.2, -0.15) is 0 Å². The summed E-state index contributed by atoms with van der Waals surface area (Å²) in [6.45, 7) is 0.419. The van der Waals surface area contributed by atoms with Crippen LogP contribution in [0.3, 0.4) is 0 Å². The second kappa shape index (κ2) is 5.35. The number of anilines is 1. The lowest BCUT2D eigenvalue weighted by Gasteiger charge is -2.05. The third kappa shape index (κ3) is 3.10. The summed E-state index contributed by atoms with van der Waals surface area (Å²) in [4.78, 5) is 11.7. The topological polar surface area (TPSA) is 68.3 Å². The van der Waals surface area contributed by atoms with Crippen LogP contribution in [0.25, 0.3) is 0 Å². The number of carbonyl (C=O) groups is 1. The van der Waals surface area contributed by atoms with Crippen molar-refractivity contribution in [2.24, 2.45) is 0 Å². The Morgan fingerprint density at radius 1 is 1.39 bits per heavy atom. The Morgan fingerprint density at radius 3 is 2.89 bits per heavy atom. The number of carbonyl (C=O) groups excluding carboxylic acids is 1. The molecular weight excluding hydrogens is 235 g/mol. The molecule has 1 heterocycles. The van der Waals surface area contributed by atoms with Crippen LogP contribution in [0.2, 0.25) is 0 Å². The van der Waals surface area contributed by atoms with Crippen LogP contribution in [0.15, 0.2) is 41.0 Å². The van der Waals surface area contributed by atoms with E-state index in [2.05, 4.69) is 5.32 Å². The molecule has 0 aliphatic rings. The lowest BCUT2D eigenvalue weighted by molar-refractivity contribution is 0.0953. The molecule has 1 amide bonds. The highest BCUT2D eigenvalue weighted by atomic mass is 19.1. The third-order valence-electron chi connectivity index (χ3n) is 2.42. The first kappa shape index (κ1) is 12.2. The first-order chi connectivity index (χ1) is 8.65. The number of benzene rings is 1. The first-order valence-electron chi connectivity index (χ1n) is 5.52. The SMILES string of the molecule is Nc1cc(F)cc(C(=O)NCCc2ccco2)c1. The first-order valence-corrected chi connectivity index (χ1v) is 5.52. The number of nitrogens with two attached hydrogens (primary N) is 1. The normalized spacial score (nSPS) is 10.3. The summed E-state index contributed by atoms with van der Waals surface area (Å²) < 4.78 is 18.2. The van der Waals surface area contributed by atoms with Crippen molar-refractivity contribution >= 4 is 11.6 Å². The molecule has 2 rings (SSSR count). The van der Waals surface area contributed by atoms with Crippen LogP contribution in [-0.4, -0.2) is 12.5 Å². The van der Waals surface area contributed by atoms with Crippen molar-refractivity contribution < 1.29 is 13.6 Å². The Balaban J connectivity index is 1.91. The molecule has 5 heteroatoms. The van der Waals surface area contributed by atoms with Crippen molar-refractivity contribution in [3.8, 4) is 0 Å². The predicted octanol–water partition coefficient (Wildman–Crippen LogP) is 1.97. The molecule has 0 unspecified atom stereocenters. The van der Waals surface area contributed by atoms with Crippen molar-refractivity contribution in [1.82, 2.24) is 5.32 Å². The third-order valence-corrected chi connectivity index (χ3v) is 2.42. The lowest BCUT2D eigenvalue weighted by atomic mass is 10.2. The number of halogens is 1. The fourth-order valence-corrected chi connectivity index (χ4v) is 1.60. The van der Waals surface area contributed by atoms with E-state index in [9.17, 15) is 9.18 Å². The summed E-state index contributed by atoms with van der Waals surface area (Å²) in [5, 5.41) is 2.67. The number of hydrogen-bond acceptors (Lipinski definition) is 3. The number of furan rings is 1. The van der Waals surface area contributed by atoms with Gasteiger partial charge in [0, 0.05) is 24.2 Å². The minimum Gasteiger partial charge on any atom is -0.469 e. The van der Waals surface area contributed by atoms with E-state index in [1.807, 2.05) is 6.07 Å². The van der Waals surface area contributed by atoms with Crippen LogP contribution in [-0.2, 0) is 6.42 Å². The van der Waals surface area contributed by atoms with Gasteiger partial charge in [0.2, 0.25) is 0 Å². The Bertz CT molecular complexity index is 518. The largest absolute Gasteiger partial charge is 0.469 e. The zero-order chi connectivity index (χ0) is 13.0. The van der Waals surface area contributed by atoms with E-state index in [-0.39, 0.29) is 17.2 Å². The molecule has 3 N–H and O–H groups in total. The molecule has 0 radical (unpaired) electrons. The fourth-order valence-electron chi connectivity index (χ4n) is 1.60. The second-order valence-electron chi connectivity index (χ2n) is 3.86. The Kier molecular flexibility index (Phi) is 3.62. The summed E-state index contributed by atoms with van der Waals surface area (Å²) in [5.74, 6) is -0.0898. The average molecular weight is 248 g/mol. The van der Waals surface area contributed by atoms with E-state index >= 15 is 0 Å². The number of amides is 1. The highest BCUT2D eigenvalue weighted by Crippen LogP contribution is 2.10. The average Bonchev–Trinajstić information content (AvgIpc) is 2.80. The predicted molar refractivity (Wildman–Crippen MR) is 65.6 cm³/mol. The fraction of sp³-hybridized carbons (Fsp3) is 0.154. The van der Waals surface area contributed by atoms with Gasteiger partial charge in [-0.3, -0.25) is 4.79 Å². The molecule has 1 aromatic carbocycles. The van der Waals surface area contributed by atoms with Crippen LogP contribution in [0.1, 0.15) is 16.1 Å². The zero-order valence-electron chi connectivity index (χ0n) is 9.65. The maximum absolute atomic E-state index is 13.1. The standard InChI is InChI=1S/C13H13FN2O2/c14-10-6-9(7-11(15)8-10)13(17)16-4-3-12-2-1-5-18-12/h1-2,5-8H,3-4,15H2,(H,16,17). The van der Waals surface area contributed by atoms with Crippen molar-refractivity contribution in [1.29, 1.82) is 0 Å². The maximum Gasteiger partial charge on any atom is 0.251 e. The smallest absolute Gasteiger partial charge is 0.251 e. The van der Waals surface area contributed by atoms with Crippen LogP contribution in [0.5, 0.6) is 0 Å². The molecule has 0 atom stereocenters. The molecule has 94 valence electrons. The van der Waals surface area contributed by atoms with E-state index in [4.69, 9.17) is 10.2 Å². The number of nitrogens with one attached hydrogen (secondary N) is 1. The van der Waals surface area contributed by atoms with Gasteiger partial charge in [-0.15, -0.1) is 0 Å². The van der Waals surface area contributed by atoms with Crippen LogP contribution in [0, 0.1) is 5.82 Å². The molecule has 1 aromatic heterocycles. The van der Waals surface area contributed by atoms with Gasteiger partial charge in [0.05, 0.1) is 6.26 Å². The monoisotopic (exact) mass is 248 g/mol. The molecule has 0 saturated carbocycles. The van der Waals surface area contributed by atoms with Crippen molar-refractivity contribution in [3.63, 3.8) is 0 Å². The summed E-state index contributed by atoms with van der Waals surface area (Å²) in [6.07, 6.45) is 2.16. The molecule has 4 nitrogen and oxygen atoms in total. The molecule has 2 aromatic rings. The van der Waals surface area contributed by atoms with Gasteiger partial charge in [-0.05, 0) is 30.3 Å². The number of hydrogen-bond donors (Lipinski definition) is 2.